The molecule has 9 heteroatoms. The van der Waals surface area contributed by atoms with Gasteiger partial charge in [0.15, 0.2) is 0 Å². The number of fused-ring (bicyclic) bond motifs is 1. The predicted octanol–water partition coefficient (Wildman–Crippen LogP) is 1.81. The number of Topliss-reactive ketones (excluding diaryl/α,β-unsaturated/α-hetero) is 1. The first-order valence-electron chi connectivity index (χ1n) is 8.94. The maximum Gasteiger partial charge on any atom is 0.265 e. The molecule has 3 heterocycles. The molecular weight excluding hydrogens is 400 g/mol. The van der Waals surface area contributed by atoms with Crippen molar-refractivity contribution < 1.29 is 23.1 Å². The average Bonchev–Trinajstić information content (AvgIpc) is 3.18. The molecule has 2 aliphatic heterocycles. The van der Waals surface area contributed by atoms with Crippen LogP contribution in [0.3, 0.4) is 0 Å². The number of thiophene rings is 1. The molecule has 1 saturated heterocycles. The summed E-state index contributed by atoms with van der Waals surface area (Å²) in [5.41, 5.74) is 0.219. The van der Waals surface area contributed by atoms with E-state index in [4.69, 9.17) is 4.74 Å². The quantitative estimate of drug-likeness (QED) is 0.759. The van der Waals surface area contributed by atoms with E-state index in [1.165, 1.54) is 23.5 Å². The van der Waals surface area contributed by atoms with Crippen LogP contribution >= 0.6 is 11.3 Å². The molecule has 1 N–H and O–H groups in total. The normalized spacial score (nSPS) is 20.5. The molecule has 0 atom stereocenters. The number of morpholine rings is 1. The highest BCUT2D eigenvalue weighted by Crippen LogP contribution is 2.35. The number of carbonyl (C=O) groups excluding carboxylic acids is 1. The van der Waals surface area contributed by atoms with Crippen molar-refractivity contribution in [2.45, 2.75) is 4.90 Å². The van der Waals surface area contributed by atoms with Crippen LogP contribution in [0.5, 0.6) is 0 Å². The molecule has 1 aromatic carbocycles. The summed E-state index contributed by atoms with van der Waals surface area (Å²) >= 11 is 1.49. The minimum Gasteiger partial charge on any atom is -0.394 e. The van der Waals surface area contributed by atoms with E-state index in [0.717, 1.165) is 27.3 Å². The Morgan fingerprint density at radius 3 is 2.64 bits per heavy atom. The number of nitrogens with zero attached hydrogens (tertiary/aromatic N) is 2. The number of sulfonamides is 1. The number of rotatable bonds is 4. The van der Waals surface area contributed by atoms with Crippen LogP contribution < -0.4 is 4.90 Å². The summed E-state index contributed by atoms with van der Waals surface area (Å²) in [6, 6.07) is 10.0. The predicted molar refractivity (Wildman–Crippen MR) is 107 cm³/mol. The lowest BCUT2D eigenvalue weighted by atomic mass is 10.1. The van der Waals surface area contributed by atoms with E-state index in [1.54, 1.807) is 18.2 Å². The van der Waals surface area contributed by atoms with Crippen LogP contribution in [0.15, 0.2) is 47.0 Å². The van der Waals surface area contributed by atoms with E-state index in [0.29, 0.717) is 13.2 Å². The standard InChI is InChI=1S/C19H20N2O5S2/c22-10-7-21-16(19(23)15-3-1-2-4-17(15)28(21,24)25)13-14-5-6-18(27-14)20-8-11-26-12-9-20/h1-6,13,22H,7-12H2. The van der Waals surface area contributed by atoms with Gasteiger partial charge in [0.25, 0.3) is 10.0 Å². The van der Waals surface area contributed by atoms with Gasteiger partial charge < -0.3 is 14.7 Å². The number of hydrogen-bond acceptors (Lipinski definition) is 7. The summed E-state index contributed by atoms with van der Waals surface area (Å²) in [5.74, 6) is -0.361. The van der Waals surface area contributed by atoms with Gasteiger partial charge in [0.05, 0.1) is 36.3 Å². The number of anilines is 1. The van der Waals surface area contributed by atoms with Crippen molar-refractivity contribution >= 4 is 38.2 Å². The molecule has 1 aromatic heterocycles. The highest BCUT2D eigenvalue weighted by atomic mass is 32.2. The second-order valence-corrected chi connectivity index (χ2v) is 9.36. The van der Waals surface area contributed by atoms with Gasteiger partial charge in [-0.1, -0.05) is 12.1 Å². The third kappa shape index (κ3) is 3.35. The lowest BCUT2D eigenvalue weighted by Crippen LogP contribution is -2.40. The Labute approximate surface area is 167 Å². The van der Waals surface area contributed by atoms with Crippen LogP contribution in [0.25, 0.3) is 6.08 Å². The molecule has 2 aromatic rings. The van der Waals surface area contributed by atoms with Crippen LogP contribution in [0.4, 0.5) is 5.00 Å². The molecule has 0 unspecified atom stereocenters. The summed E-state index contributed by atoms with van der Waals surface area (Å²) in [5, 5.41) is 10.4. The van der Waals surface area contributed by atoms with E-state index in [-0.39, 0.29) is 35.1 Å². The largest absolute Gasteiger partial charge is 0.394 e. The Morgan fingerprint density at radius 2 is 1.89 bits per heavy atom. The van der Waals surface area contributed by atoms with Gasteiger partial charge in [-0.25, -0.2) is 8.42 Å². The van der Waals surface area contributed by atoms with Crippen molar-refractivity contribution in [1.82, 2.24) is 4.31 Å². The van der Waals surface area contributed by atoms with E-state index in [9.17, 15) is 18.3 Å². The van der Waals surface area contributed by atoms with Crippen molar-refractivity contribution in [3.63, 3.8) is 0 Å². The Hall–Kier alpha value is -2.20. The van der Waals surface area contributed by atoms with Crippen LogP contribution in [0, 0.1) is 0 Å². The third-order valence-electron chi connectivity index (χ3n) is 4.72. The molecule has 0 spiro atoms. The molecule has 4 rings (SSSR count). The second kappa shape index (κ2) is 7.67. The van der Waals surface area contributed by atoms with Gasteiger partial charge in [0.2, 0.25) is 5.78 Å². The fourth-order valence-corrected chi connectivity index (χ4v) is 5.99. The van der Waals surface area contributed by atoms with E-state index in [1.807, 2.05) is 12.1 Å². The Balaban J connectivity index is 1.75. The van der Waals surface area contributed by atoms with Crippen LogP contribution in [-0.2, 0) is 14.8 Å². The molecule has 0 aliphatic carbocycles. The number of aliphatic hydroxyl groups is 1. The number of hydrogen-bond donors (Lipinski definition) is 1. The van der Waals surface area contributed by atoms with Crippen molar-refractivity contribution in [3.8, 4) is 0 Å². The van der Waals surface area contributed by atoms with E-state index in [2.05, 4.69) is 4.90 Å². The lowest BCUT2D eigenvalue weighted by molar-refractivity contribution is 0.0998. The monoisotopic (exact) mass is 420 g/mol. The maximum atomic E-state index is 13.0. The van der Waals surface area contributed by atoms with Gasteiger partial charge in [-0.05, 0) is 30.3 Å². The minimum absolute atomic E-state index is 0.0224. The lowest BCUT2D eigenvalue weighted by Gasteiger charge is -2.30. The van der Waals surface area contributed by atoms with Gasteiger partial charge in [0, 0.05) is 23.5 Å². The molecule has 2 aliphatic rings. The van der Waals surface area contributed by atoms with Crippen molar-refractivity contribution in [2.24, 2.45) is 0 Å². The number of ether oxygens (including phenoxy) is 1. The number of carbonyl (C=O) groups is 1. The summed E-state index contributed by atoms with van der Waals surface area (Å²) < 4.78 is 32.4. The first kappa shape index (κ1) is 19.1. The smallest absolute Gasteiger partial charge is 0.265 e. The summed E-state index contributed by atoms with van der Waals surface area (Å²) in [7, 11) is -3.90. The van der Waals surface area contributed by atoms with Crippen LogP contribution in [-0.4, -0.2) is 63.1 Å². The Kier molecular flexibility index (Phi) is 5.24. The topological polar surface area (TPSA) is 87.2 Å². The van der Waals surface area contributed by atoms with Gasteiger partial charge in [-0.15, -0.1) is 11.3 Å². The van der Waals surface area contributed by atoms with Gasteiger partial charge in [-0.2, -0.15) is 0 Å². The van der Waals surface area contributed by atoms with Crippen LogP contribution in [0.1, 0.15) is 15.2 Å². The molecule has 0 amide bonds. The molecule has 148 valence electrons. The molecule has 28 heavy (non-hydrogen) atoms. The summed E-state index contributed by atoms with van der Waals surface area (Å²) in [4.78, 5) is 16.0. The number of allylic oxidation sites excluding steroid dienone is 1. The minimum atomic E-state index is -3.90. The zero-order valence-electron chi connectivity index (χ0n) is 15.1. The fourth-order valence-electron chi connectivity index (χ4n) is 3.36. The first-order chi connectivity index (χ1) is 13.5. The van der Waals surface area contributed by atoms with Crippen molar-refractivity contribution in [1.29, 1.82) is 0 Å². The highest BCUT2D eigenvalue weighted by molar-refractivity contribution is 7.89. The Morgan fingerprint density at radius 1 is 1.14 bits per heavy atom. The van der Waals surface area contributed by atoms with Gasteiger partial charge in [-0.3, -0.25) is 9.10 Å². The van der Waals surface area contributed by atoms with Crippen molar-refractivity contribution in [3.05, 3.63) is 52.5 Å². The zero-order valence-corrected chi connectivity index (χ0v) is 16.7. The third-order valence-corrected chi connectivity index (χ3v) is 7.68. The number of ketones is 1. The summed E-state index contributed by atoms with van der Waals surface area (Å²) in [6.07, 6.45) is 1.60. The number of benzene rings is 1. The molecule has 1 fully saturated rings. The average molecular weight is 421 g/mol. The van der Waals surface area contributed by atoms with E-state index >= 15 is 0 Å². The molecular formula is C19H20N2O5S2. The maximum absolute atomic E-state index is 13.0. The molecule has 7 nitrogen and oxygen atoms in total. The highest BCUT2D eigenvalue weighted by Gasteiger charge is 2.38. The fraction of sp³-hybridized carbons (Fsp3) is 0.316. The van der Waals surface area contributed by atoms with E-state index < -0.39 is 10.0 Å². The second-order valence-electron chi connectivity index (χ2n) is 6.43. The first-order valence-corrected chi connectivity index (χ1v) is 11.2. The van der Waals surface area contributed by atoms with Gasteiger partial charge in [0.1, 0.15) is 5.70 Å². The Bertz CT molecular complexity index is 1020. The van der Waals surface area contributed by atoms with Crippen LogP contribution in [0.2, 0.25) is 0 Å². The molecule has 0 bridgehead atoms. The molecule has 0 radical (unpaired) electrons. The SMILES string of the molecule is O=C1C(=Cc2ccc(N3CCOCC3)s2)N(CCO)S(=O)(=O)c2ccccc21. The van der Waals surface area contributed by atoms with Gasteiger partial charge >= 0.3 is 0 Å². The zero-order chi connectivity index (χ0) is 19.7. The number of β-amino-alcohol motifs (C(OH)–C–C–N with tert-alkyl or cyclic N) is 1. The number of aliphatic hydroxyl groups excluding tert-OH is 1. The molecule has 0 saturated carbocycles. The van der Waals surface area contributed by atoms with Crippen molar-refractivity contribution in [2.75, 3.05) is 44.4 Å². The summed E-state index contributed by atoms with van der Waals surface area (Å²) in [6.45, 7) is 2.39.